The lowest BCUT2D eigenvalue weighted by Gasteiger charge is -2.14. The van der Waals surface area contributed by atoms with Gasteiger partial charge in [-0.15, -0.1) is 0 Å². The van der Waals surface area contributed by atoms with E-state index in [4.69, 9.17) is 0 Å². The van der Waals surface area contributed by atoms with E-state index in [2.05, 4.69) is 19.2 Å². The van der Waals surface area contributed by atoms with Crippen LogP contribution in [0.25, 0.3) is 0 Å². The predicted molar refractivity (Wildman–Crippen MR) is 70.4 cm³/mol. The molecular weight excluding hydrogens is 216 g/mol. The Morgan fingerprint density at radius 3 is 2.47 bits per heavy atom. The quantitative estimate of drug-likeness (QED) is 0.604. The van der Waals surface area contributed by atoms with Crippen LogP contribution < -0.4 is 5.32 Å². The molecule has 0 aliphatic heterocycles. The van der Waals surface area contributed by atoms with Gasteiger partial charge in [-0.3, -0.25) is 10.1 Å². The smallest absolute Gasteiger partial charge is 0.271 e. The van der Waals surface area contributed by atoms with Gasteiger partial charge in [0.15, 0.2) is 0 Å². The van der Waals surface area contributed by atoms with Gasteiger partial charge in [-0.05, 0) is 24.5 Å². The maximum atomic E-state index is 10.7. The Morgan fingerprint density at radius 1 is 1.29 bits per heavy atom. The predicted octanol–water partition coefficient (Wildman–Crippen LogP) is 3.75. The van der Waals surface area contributed by atoms with Gasteiger partial charge in [0.05, 0.1) is 4.92 Å². The zero-order chi connectivity index (χ0) is 12.8. The molecular formula is C13H20N2O2. The molecule has 0 atom stereocenters. The molecule has 4 nitrogen and oxygen atoms in total. The van der Waals surface area contributed by atoms with Gasteiger partial charge < -0.3 is 5.32 Å². The average molecular weight is 236 g/mol. The Kier molecular flexibility index (Phi) is 4.94. The number of nitro benzene ring substituents is 1. The first-order chi connectivity index (χ1) is 8.06. The van der Waals surface area contributed by atoms with Crippen LogP contribution >= 0.6 is 0 Å². The summed E-state index contributed by atoms with van der Waals surface area (Å²) in [6, 6.07) is 5.12. The van der Waals surface area contributed by atoms with Crippen molar-refractivity contribution in [3.8, 4) is 0 Å². The number of benzene rings is 1. The molecule has 0 radical (unpaired) electrons. The number of nitro groups is 1. The topological polar surface area (TPSA) is 55.2 Å². The lowest BCUT2D eigenvalue weighted by molar-refractivity contribution is -0.384. The van der Waals surface area contributed by atoms with Gasteiger partial charge in [-0.1, -0.05) is 26.7 Å². The van der Waals surface area contributed by atoms with Crippen molar-refractivity contribution in [2.24, 2.45) is 5.92 Å². The van der Waals surface area contributed by atoms with Crippen molar-refractivity contribution in [3.63, 3.8) is 0 Å². The molecule has 0 spiro atoms. The fourth-order valence-electron chi connectivity index (χ4n) is 1.81. The normalized spacial score (nSPS) is 10.6. The first kappa shape index (κ1) is 13.5. The summed E-state index contributed by atoms with van der Waals surface area (Å²) in [5.74, 6) is 0.620. The highest BCUT2D eigenvalue weighted by atomic mass is 16.6. The molecule has 0 fully saturated rings. The molecule has 1 N–H and O–H groups in total. The van der Waals surface area contributed by atoms with Crippen LogP contribution in [0.4, 0.5) is 11.4 Å². The standard InChI is InChI=1S/C13H20N2O2/c1-4-11(5-2)9-14-12-6-10(3)7-13(8-12)15(16)17/h6-8,11,14H,4-5,9H2,1-3H3. The van der Waals surface area contributed by atoms with Crippen LogP contribution in [-0.4, -0.2) is 11.5 Å². The molecule has 1 aromatic rings. The minimum absolute atomic E-state index is 0.150. The number of non-ortho nitro benzene ring substituents is 1. The van der Waals surface area contributed by atoms with Gasteiger partial charge in [0, 0.05) is 24.4 Å². The highest BCUT2D eigenvalue weighted by molar-refractivity contribution is 5.53. The molecule has 0 aromatic heterocycles. The van der Waals surface area contributed by atoms with E-state index in [9.17, 15) is 10.1 Å². The number of hydrogen-bond donors (Lipinski definition) is 1. The largest absolute Gasteiger partial charge is 0.385 e. The highest BCUT2D eigenvalue weighted by Gasteiger charge is 2.09. The first-order valence-electron chi connectivity index (χ1n) is 6.06. The zero-order valence-corrected chi connectivity index (χ0v) is 10.7. The van der Waals surface area contributed by atoms with E-state index in [1.165, 1.54) is 0 Å². The maximum Gasteiger partial charge on any atom is 0.271 e. The SMILES string of the molecule is CCC(CC)CNc1cc(C)cc([N+](=O)[O-])c1. The van der Waals surface area contributed by atoms with Gasteiger partial charge in [0.25, 0.3) is 5.69 Å². The molecule has 4 heteroatoms. The van der Waals surface area contributed by atoms with E-state index in [1.54, 1.807) is 12.1 Å². The Labute approximate surface area is 102 Å². The van der Waals surface area contributed by atoms with E-state index in [0.29, 0.717) is 5.92 Å². The number of hydrogen-bond acceptors (Lipinski definition) is 3. The van der Waals surface area contributed by atoms with Gasteiger partial charge in [-0.25, -0.2) is 0 Å². The Bertz CT molecular complexity index is 387. The van der Waals surface area contributed by atoms with Crippen molar-refractivity contribution in [3.05, 3.63) is 33.9 Å². The second-order valence-corrected chi connectivity index (χ2v) is 4.38. The highest BCUT2D eigenvalue weighted by Crippen LogP contribution is 2.21. The summed E-state index contributed by atoms with van der Waals surface area (Å²) in [6.07, 6.45) is 2.24. The lowest BCUT2D eigenvalue weighted by Crippen LogP contribution is -2.12. The zero-order valence-electron chi connectivity index (χ0n) is 10.7. The van der Waals surface area contributed by atoms with Crippen LogP contribution in [0, 0.1) is 23.0 Å². The summed E-state index contributed by atoms with van der Waals surface area (Å²) >= 11 is 0. The molecule has 0 bridgehead atoms. The summed E-state index contributed by atoms with van der Waals surface area (Å²) in [5, 5.41) is 14.0. The molecule has 17 heavy (non-hydrogen) atoms. The monoisotopic (exact) mass is 236 g/mol. The third-order valence-electron chi connectivity index (χ3n) is 3.02. The molecule has 0 aliphatic carbocycles. The fourth-order valence-corrected chi connectivity index (χ4v) is 1.81. The van der Waals surface area contributed by atoms with Crippen LogP contribution in [-0.2, 0) is 0 Å². The van der Waals surface area contributed by atoms with Crippen LogP contribution in [0.5, 0.6) is 0 Å². The van der Waals surface area contributed by atoms with E-state index < -0.39 is 0 Å². The molecule has 0 aliphatic rings. The molecule has 0 saturated heterocycles. The van der Waals surface area contributed by atoms with Crippen LogP contribution in [0.2, 0.25) is 0 Å². The van der Waals surface area contributed by atoms with Crippen molar-refractivity contribution >= 4 is 11.4 Å². The van der Waals surface area contributed by atoms with Crippen LogP contribution in [0.3, 0.4) is 0 Å². The van der Waals surface area contributed by atoms with Crippen molar-refractivity contribution in [2.45, 2.75) is 33.6 Å². The van der Waals surface area contributed by atoms with Gasteiger partial charge >= 0.3 is 0 Å². The number of aryl methyl sites for hydroxylation is 1. The number of nitrogens with zero attached hydrogens (tertiary/aromatic N) is 1. The first-order valence-corrected chi connectivity index (χ1v) is 6.06. The summed E-state index contributed by atoms with van der Waals surface area (Å²) in [4.78, 5) is 10.4. The van der Waals surface area contributed by atoms with Crippen molar-refractivity contribution in [2.75, 3.05) is 11.9 Å². The van der Waals surface area contributed by atoms with E-state index in [-0.39, 0.29) is 10.6 Å². The number of nitrogens with one attached hydrogen (secondary N) is 1. The van der Waals surface area contributed by atoms with Crippen molar-refractivity contribution in [1.82, 2.24) is 0 Å². The van der Waals surface area contributed by atoms with Gasteiger partial charge in [0.2, 0.25) is 0 Å². The Hall–Kier alpha value is -1.58. The number of rotatable bonds is 6. The third kappa shape index (κ3) is 4.06. The van der Waals surface area contributed by atoms with Gasteiger partial charge in [0.1, 0.15) is 0 Å². The molecule has 1 rings (SSSR count). The van der Waals surface area contributed by atoms with E-state index >= 15 is 0 Å². The van der Waals surface area contributed by atoms with Crippen LogP contribution in [0.1, 0.15) is 32.3 Å². The van der Waals surface area contributed by atoms with Crippen molar-refractivity contribution in [1.29, 1.82) is 0 Å². The summed E-state index contributed by atoms with van der Waals surface area (Å²) in [6.45, 7) is 7.06. The van der Waals surface area contributed by atoms with E-state index in [0.717, 1.165) is 30.6 Å². The second-order valence-electron chi connectivity index (χ2n) is 4.38. The Morgan fingerprint density at radius 2 is 1.94 bits per heavy atom. The number of anilines is 1. The minimum atomic E-state index is -0.352. The molecule has 1 aromatic carbocycles. The van der Waals surface area contributed by atoms with Crippen LogP contribution in [0.15, 0.2) is 18.2 Å². The Balaban J connectivity index is 2.74. The molecule has 0 saturated carbocycles. The van der Waals surface area contributed by atoms with E-state index in [1.807, 2.05) is 13.0 Å². The molecule has 0 amide bonds. The summed E-state index contributed by atoms with van der Waals surface area (Å²) < 4.78 is 0. The second kappa shape index (κ2) is 6.23. The minimum Gasteiger partial charge on any atom is -0.385 e. The summed E-state index contributed by atoms with van der Waals surface area (Å²) in [7, 11) is 0. The summed E-state index contributed by atoms with van der Waals surface area (Å²) in [5.41, 5.74) is 1.90. The fraction of sp³-hybridized carbons (Fsp3) is 0.538. The average Bonchev–Trinajstić information content (AvgIpc) is 2.29. The third-order valence-corrected chi connectivity index (χ3v) is 3.02. The van der Waals surface area contributed by atoms with Gasteiger partial charge in [-0.2, -0.15) is 0 Å². The molecule has 0 heterocycles. The molecule has 94 valence electrons. The lowest BCUT2D eigenvalue weighted by atomic mass is 10.0. The van der Waals surface area contributed by atoms with Crippen molar-refractivity contribution < 1.29 is 4.92 Å². The maximum absolute atomic E-state index is 10.7. The molecule has 0 unspecified atom stereocenters.